The molecule has 3 rings (SSSR count). The zero-order valence-corrected chi connectivity index (χ0v) is 13.7. The predicted octanol–water partition coefficient (Wildman–Crippen LogP) is 5.41. The van der Waals surface area contributed by atoms with Gasteiger partial charge in [-0.3, -0.25) is 0 Å². The highest BCUT2D eigenvalue weighted by atomic mass is 32.1. The van der Waals surface area contributed by atoms with Crippen molar-refractivity contribution in [2.75, 3.05) is 0 Å². The van der Waals surface area contributed by atoms with Gasteiger partial charge in [0, 0.05) is 27.8 Å². The molecule has 0 saturated carbocycles. The van der Waals surface area contributed by atoms with Gasteiger partial charge >= 0.3 is 0 Å². The molecule has 0 atom stereocenters. The van der Waals surface area contributed by atoms with Gasteiger partial charge in [-0.15, -0.1) is 11.3 Å². The quantitative estimate of drug-likeness (QED) is 0.625. The van der Waals surface area contributed by atoms with Crippen LogP contribution >= 0.6 is 11.3 Å². The lowest BCUT2D eigenvalue weighted by atomic mass is 10.0. The predicted molar refractivity (Wildman–Crippen MR) is 99.2 cm³/mol. The van der Waals surface area contributed by atoms with E-state index in [2.05, 4.69) is 6.58 Å². The van der Waals surface area contributed by atoms with Gasteiger partial charge in [-0.1, -0.05) is 49.1 Å². The monoisotopic (exact) mass is 337 g/mol. The fourth-order valence-electron chi connectivity index (χ4n) is 2.53. The standard InChI is InChI=1S/C20H16FNOS/c1-2-5-18(22)15-6-3-4-7-16(15)20-19(23)17(12-24-20)13-8-10-14(21)11-9-13/h2-12,23H,1,22H2/b18-5-. The molecule has 0 bridgehead atoms. The molecule has 24 heavy (non-hydrogen) atoms. The van der Waals surface area contributed by atoms with Gasteiger partial charge in [0.2, 0.25) is 0 Å². The van der Waals surface area contributed by atoms with E-state index in [0.29, 0.717) is 11.3 Å². The topological polar surface area (TPSA) is 46.2 Å². The first-order valence-corrected chi connectivity index (χ1v) is 8.24. The van der Waals surface area contributed by atoms with Crippen molar-refractivity contribution >= 4 is 17.0 Å². The molecule has 0 unspecified atom stereocenters. The van der Waals surface area contributed by atoms with E-state index < -0.39 is 0 Å². The molecule has 3 aromatic rings. The molecule has 1 aromatic heterocycles. The zero-order chi connectivity index (χ0) is 17.1. The molecule has 2 nitrogen and oxygen atoms in total. The molecule has 0 aliphatic carbocycles. The number of hydrogen-bond acceptors (Lipinski definition) is 3. The highest BCUT2D eigenvalue weighted by molar-refractivity contribution is 7.14. The first kappa shape index (κ1) is 16.0. The minimum absolute atomic E-state index is 0.172. The van der Waals surface area contributed by atoms with Crippen LogP contribution in [0.15, 0.2) is 72.6 Å². The van der Waals surface area contributed by atoms with Crippen LogP contribution in [0.2, 0.25) is 0 Å². The minimum Gasteiger partial charge on any atom is -0.506 e. The van der Waals surface area contributed by atoms with Crippen LogP contribution in [0.1, 0.15) is 5.56 Å². The molecule has 120 valence electrons. The van der Waals surface area contributed by atoms with Gasteiger partial charge in [0.15, 0.2) is 0 Å². The van der Waals surface area contributed by atoms with Gasteiger partial charge in [0.1, 0.15) is 11.6 Å². The van der Waals surface area contributed by atoms with Crippen LogP contribution in [-0.2, 0) is 0 Å². The summed E-state index contributed by atoms with van der Waals surface area (Å²) >= 11 is 1.43. The first-order chi connectivity index (χ1) is 11.6. The number of benzene rings is 2. The van der Waals surface area contributed by atoms with Gasteiger partial charge in [-0.05, 0) is 23.8 Å². The van der Waals surface area contributed by atoms with Crippen molar-refractivity contribution in [2.24, 2.45) is 5.73 Å². The van der Waals surface area contributed by atoms with Crippen LogP contribution in [0.25, 0.3) is 27.3 Å². The second-order valence-corrected chi connectivity index (χ2v) is 6.12. The van der Waals surface area contributed by atoms with Gasteiger partial charge in [0.25, 0.3) is 0 Å². The molecule has 0 radical (unpaired) electrons. The molecular weight excluding hydrogens is 321 g/mol. The van der Waals surface area contributed by atoms with Crippen LogP contribution in [0.5, 0.6) is 5.75 Å². The lowest BCUT2D eigenvalue weighted by molar-refractivity contribution is 0.481. The van der Waals surface area contributed by atoms with E-state index in [4.69, 9.17) is 5.73 Å². The molecule has 4 heteroatoms. The lowest BCUT2D eigenvalue weighted by Gasteiger charge is -2.09. The van der Waals surface area contributed by atoms with Crippen LogP contribution in [0.3, 0.4) is 0 Å². The van der Waals surface area contributed by atoms with E-state index in [0.717, 1.165) is 21.6 Å². The van der Waals surface area contributed by atoms with Gasteiger partial charge in [-0.2, -0.15) is 0 Å². The van der Waals surface area contributed by atoms with E-state index in [-0.39, 0.29) is 11.6 Å². The highest BCUT2D eigenvalue weighted by Gasteiger charge is 2.17. The molecule has 0 saturated heterocycles. The third kappa shape index (κ3) is 2.96. The number of nitrogens with two attached hydrogens (primary N) is 1. The zero-order valence-electron chi connectivity index (χ0n) is 12.9. The maximum absolute atomic E-state index is 13.1. The lowest BCUT2D eigenvalue weighted by Crippen LogP contribution is -1.97. The number of rotatable bonds is 4. The van der Waals surface area contributed by atoms with Gasteiger partial charge in [0.05, 0.1) is 4.88 Å². The summed E-state index contributed by atoms with van der Waals surface area (Å²) < 4.78 is 13.1. The molecular formula is C20H16FNOS. The summed E-state index contributed by atoms with van der Waals surface area (Å²) in [4.78, 5) is 0.727. The maximum Gasteiger partial charge on any atom is 0.142 e. The SMILES string of the molecule is C=C/C=C(\N)c1ccccc1-c1scc(-c2ccc(F)cc2)c1O. The number of allylic oxidation sites excluding steroid dienone is 2. The normalized spacial score (nSPS) is 11.5. The number of hydrogen-bond donors (Lipinski definition) is 2. The Labute approximate surface area is 144 Å². The Morgan fingerprint density at radius 1 is 1.08 bits per heavy atom. The number of aromatic hydroxyl groups is 1. The van der Waals surface area contributed by atoms with Crippen LogP contribution in [0, 0.1) is 5.82 Å². The first-order valence-electron chi connectivity index (χ1n) is 7.36. The Balaban J connectivity index is 2.11. The summed E-state index contributed by atoms with van der Waals surface area (Å²) in [6.07, 6.45) is 3.36. The fraction of sp³-hybridized carbons (Fsp3) is 0. The van der Waals surface area contributed by atoms with Crippen molar-refractivity contribution in [2.45, 2.75) is 0 Å². The molecule has 0 aliphatic heterocycles. The molecule has 0 fully saturated rings. The Morgan fingerprint density at radius 3 is 2.50 bits per heavy atom. The molecule has 0 spiro atoms. The molecule has 0 aliphatic rings. The average molecular weight is 337 g/mol. The second-order valence-electron chi connectivity index (χ2n) is 5.24. The van der Waals surface area contributed by atoms with Crippen LogP contribution in [-0.4, -0.2) is 5.11 Å². The minimum atomic E-state index is -0.304. The Hall–Kier alpha value is -2.85. The van der Waals surface area contributed by atoms with Crippen molar-refractivity contribution in [1.29, 1.82) is 0 Å². The Kier molecular flexibility index (Phi) is 4.49. The van der Waals surface area contributed by atoms with E-state index in [1.807, 2.05) is 29.6 Å². The summed E-state index contributed by atoms with van der Waals surface area (Å²) in [5.41, 5.74) is 9.81. The Morgan fingerprint density at radius 2 is 1.79 bits per heavy atom. The third-order valence-electron chi connectivity index (χ3n) is 3.70. The van der Waals surface area contributed by atoms with Crippen molar-refractivity contribution in [1.82, 2.24) is 0 Å². The average Bonchev–Trinajstić information content (AvgIpc) is 2.97. The largest absolute Gasteiger partial charge is 0.506 e. The van der Waals surface area contributed by atoms with E-state index >= 15 is 0 Å². The smallest absolute Gasteiger partial charge is 0.142 e. The van der Waals surface area contributed by atoms with E-state index in [9.17, 15) is 9.50 Å². The fourth-order valence-corrected chi connectivity index (χ4v) is 3.54. The third-order valence-corrected chi connectivity index (χ3v) is 4.70. The van der Waals surface area contributed by atoms with E-state index in [1.165, 1.54) is 23.5 Å². The number of halogens is 1. The summed E-state index contributed by atoms with van der Waals surface area (Å²) in [6.45, 7) is 3.66. The summed E-state index contributed by atoms with van der Waals surface area (Å²) in [7, 11) is 0. The van der Waals surface area contributed by atoms with Crippen molar-refractivity contribution < 1.29 is 9.50 Å². The van der Waals surface area contributed by atoms with Crippen molar-refractivity contribution in [3.8, 4) is 27.3 Å². The summed E-state index contributed by atoms with van der Waals surface area (Å²) in [5, 5.41) is 12.5. The molecule has 1 heterocycles. The molecule has 2 aromatic carbocycles. The molecule has 0 amide bonds. The summed E-state index contributed by atoms with van der Waals surface area (Å²) in [6, 6.07) is 13.7. The van der Waals surface area contributed by atoms with E-state index in [1.54, 1.807) is 24.3 Å². The number of thiophene rings is 1. The van der Waals surface area contributed by atoms with Crippen molar-refractivity contribution in [3.63, 3.8) is 0 Å². The van der Waals surface area contributed by atoms with Crippen LogP contribution in [0.4, 0.5) is 4.39 Å². The summed E-state index contributed by atoms with van der Waals surface area (Å²) in [5.74, 6) is -0.133. The van der Waals surface area contributed by atoms with Crippen LogP contribution < -0.4 is 5.73 Å². The maximum atomic E-state index is 13.1. The highest BCUT2D eigenvalue weighted by Crippen LogP contribution is 2.45. The molecule has 3 N–H and O–H groups in total. The van der Waals surface area contributed by atoms with Crippen molar-refractivity contribution in [3.05, 3.63) is 84.0 Å². The van der Waals surface area contributed by atoms with Gasteiger partial charge in [-0.25, -0.2) is 4.39 Å². The second kappa shape index (κ2) is 6.72. The Bertz CT molecular complexity index is 910. The van der Waals surface area contributed by atoms with Gasteiger partial charge < -0.3 is 10.8 Å².